The van der Waals surface area contributed by atoms with Gasteiger partial charge in [-0.25, -0.2) is 0 Å². The zero-order chi connectivity index (χ0) is 14.8. The van der Waals surface area contributed by atoms with Gasteiger partial charge in [-0.15, -0.1) is 0 Å². The van der Waals surface area contributed by atoms with Crippen LogP contribution in [0.3, 0.4) is 0 Å². The lowest BCUT2D eigenvalue weighted by Gasteiger charge is -2.36. The van der Waals surface area contributed by atoms with Crippen molar-refractivity contribution >= 4 is 28.8 Å². The molecule has 1 atom stereocenters. The molecule has 0 amide bonds. The highest BCUT2D eigenvalue weighted by Gasteiger charge is 2.37. The molecule has 106 valence electrons. The molecule has 1 aromatic carbocycles. The van der Waals surface area contributed by atoms with E-state index >= 15 is 0 Å². The monoisotopic (exact) mass is 376 g/mol. The molecule has 4 N–H and O–H groups in total. The molecule has 0 aliphatic rings. The van der Waals surface area contributed by atoms with Gasteiger partial charge in [0.05, 0.1) is 10.2 Å². The Morgan fingerprint density at radius 3 is 2.42 bits per heavy atom. The van der Waals surface area contributed by atoms with Crippen LogP contribution in [0.25, 0.3) is 0 Å². The van der Waals surface area contributed by atoms with Crippen LogP contribution in [0.15, 0.2) is 17.1 Å². The van der Waals surface area contributed by atoms with E-state index < -0.39 is 5.66 Å². The number of rotatable bonds is 3. The molecule has 19 heavy (non-hydrogen) atoms. The van der Waals surface area contributed by atoms with Crippen LogP contribution >= 0.6 is 22.6 Å². The van der Waals surface area contributed by atoms with Crippen molar-refractivity contribution in [1.29, 1.82) is 0 Å². The molecule has 0 heterocycles. The van der Waals surface area contributed by atoms with Crippen molar-refractivity contribution in [1.82, 2.24) is 0 Å². The third-order valence-electron chi connectivity index (χ3n) is 3.21. The number of benzene rings is 1. The normalized spacial score (nSPS) is 15.7. The number of aliphatic hydroxyl groups is 1. The molecule has 0 unspecified atom stereocenters. The van der Waals surface area contributed by atoms with Crippen LogP contribution in [0.2, 0.25) is 0 Å². The molecule has 1 rings (SSSR count). The lowest BCUT2D eigenvalue weighted by atomic mass is 9.82. The van der Waals surface area contributed by atoms with Gasteiger partial charge in [0.25, 0.3) is 0 Å². The summed E-state index contributed by atoms with van der Waals surface area (Å²) in [6, 6.07) is 3.72. The van der Waals surface area contributed by atoms with Crippen molar-refractivity contribution in [2.24, 2.45) is 16.1 Å². The topological polar surface area (TPSA) is 78.8 Å². The summed E-state index contributed by atoms with van der Waals surface area (Å²) in [6.45, 7) is 7.45. The number of aliphatic imine (C=N–C) groups is 1. The lowest BCUT2D eigenvalue weighted by Crippen LogP contribution is -2.53. The second-order valence-electron chi connectivity index (χ2n) is 5.78. The number of nitrogens with two attached hydrogens (primary N) is 1. The minimum atomic E-state index is -1.07. The molecule has 0 aliphatic carbocycles. The number of aromatic hydroxyl groups is 1. The lowest BCUT2D eigenvalue weighted by molar-refractivity contribution is 0.103. The number of phenolic OH excluding ortho intramolecular Hbond substituents is 1. The average molecular weight is 376 g/mol. The molecular formula is C14H21IN2O2. The van der Waals surface area contributed by atoms with Gasteiger partial charge in [0.2, 0.25) is 0 Å². The van der Waals surface area contributed by atoms with E-state index in [1.807, 2.05) is 39.8 Å². The van der Waals surface area contributed by atoms with Gasteiger partial charge >= 0.3 is 0 Å². The molecule has 0 saturated carbocycles. The van der Waals surface area contributed by atoms with E-state index in [1.54, 1.807) is 0 Å². The highest BCUT2D eigenvalue weighted by Crippen LogP contribution is 2.30. The maximum Gasteiger partial charge on any atom is 0.137 e. The van der Waals surface area contributed by atoms with E-state index in [4.69, 9.17) is 5.73 Å². The van der Waals surface area contributed by atoms with Crippen LogP contribution in [0.4, 0.5) is 0 Å². The molecule has 0 aliphatic heterocycles. The minimum Gasteiger partial charge on any atom is -0.506 e. The first-order chi connectivity index (χ1) is 8.60. The van der Waals surface area contributed by atoms with Crippen LogP contribution in [0.1, 0.15) is 31.9 Å². The van der Waals surface area contributed by atoms with Gasteiger partial charge in [0.15, 0.2) is 0 Å². The van der Waals surface area contributed by atoms with Crippen LogP contribution in [0.5, 0.6) is 5.75 Å². The highest BCUT2D eigenvalue weighted by molar-refractivity contribution is 14.1. The zero-order valence-corrected chi connectivity index (χ0v) is 13.9. The van der Waals surface area contributed by atoms with Gasteiger partial charge in [-0.05, 0) is 47.2 Å². The summed E-state index contributed by atoms with van der Waals surface area (Å²) in [6.07, 6.45) is 1.53. The molecule has 0 bridgehead atoms. The van der Waals surface area contributed by atoms with Crippen molar-refractivity contribution < 1.29 is 10.2 Å². The number of nitrogens with zero attached hydrogens (tertiary/aromatic N) is 1. The molecule has 0 saturated heterocycles. The summed E-state index contributed by atoms with van der Waals surface area (Å²) in [5.41, 5.74) is 6.30. The Morgan fingerprint density at radius 2 is 1.95 bits per heavy atom. The summed E-state index contributed by atoms with van der Waals surface area (Å²) in [5, 5.41) is 19.5. The van der Waals surface area contributed by atoms with E-state index in [-0.39, 0.29) is 17.8 Å². The quantitative estimate of drug-likeness (QED) is 0.560. The Hall–Kier alpha value is -0.660. The molecule has 0 radical (unpaired) electrons. The van der Waals surface area contributed by atoms with Gasteiger partial charge in [-0.3, -0.25) is 4.99 Å². The number of hydrogen-bond donors (Lipinski definition) is 3. The standard InChI is InChI=1S/C14H21IN2O2/c1-9-5-10(12(19)11(15)6-9)7-17-14(16,8-18)13(2,3)4/h5-7,18-19H,8,16H2,1-4H3/t14-/m1/s1. The molecule has 1 aromatic rings. The van der Waals surface area contributed by atoms with E-state index in [0.29, 0.717) is 5.56 Å². The molecule has 5 heteroatoms. The van der Waals surface area contributed by atoms with Crippen molar-refractivity contribution in [2.45, 2.75) is 33.4 Å². The fraction of sp³-hybridized carbons (Fsp3) is 0.500. The molecule has 0 aromatic heterocycles. The summed E-state index contributed by atoms with van der Waals surface area (Å²) in [4.78, 5) is 4.30. The van der Waals surface area contributed by atoms with Crippen molar-refractivity contribution in [2.75, 3.05) is 6.61 Å². The van der Waals surface area contributed by atoms with Gasteiger partial charge in [0, 0.05) is 17.2 Å². The second-order valence-corrected chi connectivity index (χ2v) is 6.94. The highest BCUT2D eigenvalue weighted by atomic mass is 127. The van der Waals surface area contributed by atoms with Crippen molar-refractivity contribution in [3.63, 3.8) is 0 Å². The predicted molar refractivity (Wildman–Crippen MR) is 86.6 cm³/mol. The first-order valence-corrected chi connectivity index (χ1v) is 7.12. The van der Waals surface area contributed by atoms with E-state index in [1.165, 1.54) is 6.21 Å². The first kappa shape index (κ1) is 16.4. The van der Waals surface area contributed by atoms with Crippen LogP contribution in [-0.4, -0.2) is 28.7 Å². The molecule has 0 spiro atoms. The second kappa shape index (κ2) is 5.76. The summed E-state index contributed by atoms with van der Waals surface area (Å²) < 4.78 is 0.765. The number of hydrogen-bond acceptors (Lipinski definition) is 4. The fourth-order valence-corrected chi connectivity index (χ4v) is 2.32. The van der Waals surface area contributed by atoms with Crippen LogP contribution in [-0.2, 0) is 0 Å². The predicted octanol–water partition coefficient (Wildman–Crippen LogP) is 2.42. The van der Waals surface area contributed by atoms with E-state index in [0.717, 1.165) is 9.13 Å². The van der Waals surface area contributed by atoms with Crippen molar-refractivity contribution in [3.8, 4) is 5.75 Å². The zero-order valence-electron chi connectivity index (χ0n) is 11.7. The third kappa shape index (κ3) is 3.67. The largest absolute Gasteiger partial charge is 0.506 e. The third-order valence-corrected chi connectivity index (χ3v) is 4.03. The van der Waals surface area contributed by atoms with Crippen LogP contribution < -0.4 is 5.73 Å². The Kier molecular flexibility index (Phi) is 4.97. The number of phenols is 1. The van der Waals surface area contributed by atoms with E-state index in [2.05, 4.69) is 27.6 Å². The Labute approximate surface area is 127 Å². The SMILES string of the molecule is Cc1cc(I)c(O)c(C=N[C@](N)(CO)C(C)(C)C)c1. The first-order valence-electron chi connectivity index (χ1n) is 6.05. The minimum absolute atomic E-state index is 0.184. The van der Waals surface area contributed by atoms with Crippen LogP contribution in [0, 0.1) is 15.9 Å². The van der Waals surface area contributed by atoms with Gasteiger partial charge in [-0.2, -0.15) is 0 Å². The molecule has 0 fully saturated rings. The van der Waals surface area contributed by atoms with Gasteiger partial charge in [-0.1, -0.05) is 20.8 Å². The maximum absolute atomic E-state index is 9.99. The smallest absolute Gasteiger partial charge is 0.137 e. The maximum atomic E-state index is 9.99. The average Bonchev–Trinajstić information content (AvgIpc) is 2.30. The van der Waals surface area contributed by atoms with Gasteiger partial charge in [0.1, 0.15) is 11.4 Å². The Balaban J connectivity index is 3.18. The molecular weight excluding hydrogens is 355 g/mol. The van der Waals surface area contributed by atoms with E-state index in [9.17, 15) is 10.2 Å². The fourth-order valence-electron chi connectivity index (χ4n) is 1.52. The van der Waals surface area contributed by atoms with Gasteiger partial charge < -0.3 is 15.9 Å². The number of halogens is 1. The Morgan fingerprint density at radius 1 is 1.37 bits per heavy atom. The summed E-state index contributed by atoms with van der Waals surface area (Å²) in [7, 11) is 0. The number of aryl methyl sites for hydroxylation is 1. The van der Waals surface area contributed by atoms with Crippen molar-refractivity contribution in [3.05, 3.63) is 26.8 Å². The summed E-state index contributed by atoms with van der Waals surface area (Å²) >= 11 is 2.07. The number of aliphatic hydroxyl groups excluding tert-OH is 1. The molecule has 4 nitrogen and oxygen atoms in total. The summed E-state index contributed by atoms with van der Waals surface area (Å²) in [5.74, 6) is 0.184. The Bertz CT molecular complexity index is 495.